The highest BCUT2D eigenvalue weighted by atomic mass is 35.5. The maximum atomic E-state index is 12.2. The Labute approximate surface area is 149 Å². The summed E-state index contributed by atoms with van der Waals surface area (Å²) in [5, 5.41) is 7.35. The van der Waals surface area contributed by atoms with Crippen molar-refractivity contribution < 1.29 is 14.1 Å². The number of carbonyl (C=O) groups is 1. The molecular formula is C18H16ClN3O3. The smallest absolute Gasteiger partial charge is 0.251 e. The summed E-state index contributed by atoms with van der Waals surface area (Å²) in [6, 6.07) is 13.5. The van der Waals surface area contributed by atoms with Crippen molar-refractivity contribution >= 4 is 17.5 Å². The first kappa shape index (κ1) is 17.0. The molecule has 0 saturated carbocycles. The van der Waals surface area contributed by atoms with Crippen LogP contribution in [0.1, 0.15) is 29.2 Å². The second kappa shape index (κ2) is 7.36. The number of carbonyl (C=O) groups excluding carboxylic acids is 1. The van der Waals surface area contributed by atoms with E-state index in [0.29, 0.717) is 22.3 Å². The first-order valence-electron chi connectivity index (χ1n) is 7.61. The van der Waals surface area contributed by atoms with Crippen LogP contribution in [-0.2, 0) is 0 Å². The zero-order valence-corrected chi connectivity index (χ0v) is 14.4. The Kier molecular flexibility index (Phi) is 5.00. The lowest BCUT2D eigenvalue weighted by molar-refractivity contribution is 0.0932. The second-order valence-corrected chi connectivity index (χ2v) is 5.82. The van der Waals surface area contributed by atoms with Crippen LogP contribution in [0, 0.1) is 0 Å². The third kappa shape index (κ3) is 3.97. The molecule has 25 heavy (non-hydrogen) atoms. The van der Waals surface area contributed by atoms with Gasteiger partial charge in [0, 0.05) is 16.1 Å². The topological polar surface area (TPSA) is 77.3 Å². The van der Waals surface area contributed by atoms with Crippen LogP contribution in [0.5, 0.6) is 5.75 Å². The minimum atomic E-state index is -0.428. The first-order valence-corrected chi connectivity index (χ1v) is 7.99. The van der Waals surface area contributed by atoms with Gasteiger partial charge >= 0.3 is 0 Å². The van der Waals surface area contributed by atoms with E-state index in [9.17, 15) is 4.79 Å². The molecule has 0 aliphatic rings. The van der Waals surface area contributed by atoms with Crippen LogP contribution in [0.2, 0.25) is 5.02 Å². The number of amides is 1. The summed E-state index contributed by atoms with van der Waals surface area (Å²) < 4.78 is 10.4. The predicted molar refractivity (Wildman–Crippen MR) is 93.6 cm³/mol. The van der Waals surface area contributed by atoms with Gasteiger partial charge in [0.15, 0.2) is 0 Å². The number of halogens is 1. The molecule has 3 aromatic rings. The van der Waals surface area contributed by atoms with Crippen molar-refractivity contribution in [2.45, 2.75) is 13.0 Å². The maximum Gasteiger partial charge on any atom is 0.251 e. The summed E-state index contributed by atoms with van der Waals surface area (Å²) >= 11 is 5.83. The van der Waals surface area contributed by atoms with Gasteiger partial charge in [0.1, 0.15) is 11.8 Å². The van der Waals surface area contributed by atoms with Crippen LogP contribution < -0.4 is 10.1 Å². The fraction of sp³-hybridized carbons (Fsp3) is 0.167. The van der Waals surface area contributed by atoms with Crippen LogP contribution >= 0.6 is 11.6 Å². The third-order valence-electron chi connectivity index (χ3n) is 3.61. The molecule has 0 fully saturated rings. The molecular weight excluding hydrogens is 342 g/mol. The van der Waals surface area contributed by atoms with E-state index >= 15 is 0 Å². The van der Waals surface area contributed by atoms with Crippen LogP contribution in [-0.4, -0.2) is 23.2 Å². The SMILES string of the molecule is COc1ccc(-c2noc(C(C)NC(=O)c3ccc(Cl)cc3)n2)cc1. The van der Waals surface area contributed by atoms with Crippen molar-refractivity contribution in [2.24, 2.45) is 0 Å². The van der Waals surface area contributed by atoms with Gasteiger partial charge in [-0.25, -0.2) is 0 Å². The number of aromatic nitrogens is 2. The van der Waals surface area contributed by atoms with Crippen LogP contribution in [0.3, 0.4) is 0 Å². The average molecular weight is 358 g/mol. The van der Waals surface area contributed by atoms with Gasteiger partial charge in [0.25, 0.3) is 5.91 Å². The Hall–Kier alpha value is -2.86. The van der Waals surface area contributed by atoms with Crippen LogP contribution in [0.15, 0.2) is 53.1 Å². The molecule has 7 heteroatoms. The molecule has 1 unspecified atom stereocenters. The van der Waals surface area contributed by atoms with E-state index in [1.165, 1.54) is 0 Å². The molecule has 1 amide bonds. The number of nitrogens with one attached hydrogen (secondary N) is 1. The lowest BCUT2D eigenvalue weighted by Crippen LogP contribution is -2.26. The number of hydrogen-bond donors (Lipinski definition) is 1. The Balaban J connectivity index is 1.70. The van der Waals surface area contributed by atoms with E-state index in [1.54, 1.807) is 38.3 Å². The largest absolute Gasteiger partial charge is 0.497 e. The van der Waals surface area contributed by atoms with Gasteiger partial charge in [-0.1, -0.05) is 16.8 Å². The first-order chi connectivity index (χ1) is 12.1. The fourth-order valence-electron chi connectivity index (χ4n) is 2.21. The molecule has 0 aliphatic carbocycles. The second-order valence-electron chi connectivity index (χ2n) is 5.39. The van der Waals surface area contributed by atoms with Gasteiger partial charge in [-0.2, -0.15) is 4.98 Å². The minimum absolute atomic E-state index is 0.242. The van der Waals surface area contributed by atoms with Gasteiger partial charge < -0.3 is 14.6 Å². The molecule has 0 aliphatic heterocycles. The Morgan fingerprint density at radius 1 is 1.16 bits per heavy atom. The molecule has 1 atom stereocenters. The van der Waals surface area contributed by atoms with E-state index < -0.39 is 6.04 Å². The van der Waals surface area contributed by atoms with Gasteiger partial charge in [-0.05, 0) is 55.5 Å². The Morgan fingerprint density at radius 2 is 1.84 bits per heavy atom. The van der Waals surface area contributed by atoms with E-state index in [4.69, 9.17) is 20.9 Å². The van der Waals surface area contributed by atoms with Crippen molar-refractivity contribution in [3.8, 4) is 17.1 Å². The summed E-state index contributed by atoms with van der Waals surface area (Å²) in [5.41, 5.74) is 1.30. The average Bonchev–Trinajstić information content (AvgIpc) is 3.12. The normalized spacial score (nSPS) is 11.8. The lowest BCUT2D eigenvalue weighted by atomic mass is 10.2. The molecule has 0 spiro atoms. The standard InChI is InChI=1S/C18H16ClN3O3/c1-11(20-17(23)13-3-7-14(19)8-4-13)18-21-16(22-25-18)12-5-9-15(24-2)10-6-12/h3-11H,1-2H3,(H,20,23). The zero-order valence-electron chi connectivity index (χ0n) is 13.7. The van der Waals surface area contributed by atoms with Gasteiger partial charge in [-0.3, -0.25) is 4.79 Å². The molecule has 1 N–H and O–H groups in total. The predicted octanol–water partition coefficient (Wildman–Crippen LogP) is 3.89. The minimum Gasteiger partial charge on any atom is -0.497 e. The quantitative estimate of drug-likeness (QED) is 0.749. The lowest BCUT2D eigenvalue weighted by Gasteiger charge is -2.09. The van der Waals surface area contributed by atoms with Crippen molar-refractivity contribution in [1.82, 2.24) is 15.5 Å². The molecule has 0 saturated heterocycles. The van der Waals surface area contributed by atoms with E-state index in [2.05, 4.69) is 15.5 Å². The van der Waals surface area contributed by atoms with E-state index in [0.717, 1.165) is 11.3 Å². The third-order valence-corrected chi connectivity index (χ3v) is 3.87. The summed E-state index contributed by atoms with van der Waals surface area (Å²) in [5.74, 6) is 1.28. The highest BCUT2D eigenvalue weighted by Gasteiger charge is 2.18. The summed E-state index contributed by atoms with van der Waals surface area (Å²) in [6.45, 7) is 1.78. The number of rotatable bonds is 5. The molecule has 128 valence electrons. The van der Waals surface area contributed by atoms with Crippen molar-refractivity contribution in [3.63, 3.8) is 0 Å². The van der Waals surface area contributed by atoms with Crippen LogP contribution in [0.25, 0.3) is 11.4 Å². The maximum absolute atomic E-state index is 12.2. The van der Waals surface area contributed by atoms with Gasteiger partial charge in [0.2, 0.25) is 11.7 Å². The zero-order chi connectivity index (χ0) is 17.8. The monoisotopic (exact) mass is 357 g/mol. The summed E-state index contributed by atoms with van der Waals surface area (Å²) in [6.07, 6.45) is 0. The molecule has 0 radical (unpaired) electrons. The number of methoxy groups -OCH3 is 1. The molecule has 1 heterocycles. The van der Waals surface area contributed by atoms with Crippen molar-refractivity contribution in [3.05, 3.63) is 65.0 Å². The van der Waals surface area contributed by atoms with Gasteiger partial charge in [0.05, 0.1) is 7.11 Å². The van der Waals surface area contributed by atoms with Crippen LogP contribution in [0.4, 0.5) is 0 Å². The van der Waals surface area contributed by atoms with E-state index in [-0.39, 0.29) is 5.91 Å². The molecule has 6 nitrogen and oxygen atoms in total. The van der Waals surface area contributed by atoms with Gasteiger partial charge in [-0.15, -0.1) is 0 Å². The van der Waals surface area contributed by atoms with Crippen molar-refractivity contribution in [2.75, 3.05) is 7.11 Å². The summed E-state index contributed by atoms with van der Waals surface area (Å²) in [7, 11) is 1.60. The van der Waals surface area contributed by atoms with Crippen molar-refractivity contribution in [1.29, 1.82) is 0 Å². The Bertz CT molecular complexity index is 860. The number of ether oxygens (including phenoxy) is 1. The number of nitrogens with zero attached hydrogens (tertiary/aromatic N) is 2. The Morgan fingerprint density at radius 3 is 2.48 bits per heavy atom. The molecule has 0 bridgehead atoms. The molecule has 1 aromatic heterocycles. The summed E-state index contributed by atoms with van der Waals surface area (Å²) in [4.78, 5) is 16.6. The number of hydrogen-bond acceptors (Lipinski definition) is 5. The molecule has 2 aromatic carbocycles. The fourth-order valence-corrected chi connectivity index (χ4v) is 2.34. The van der Waals surface area contributed by atoms with E-state index in [1.807, 2.05) is 24.3 Å². The highest BCUT2D eigenvalue weighted by molar-refractivity contribution is 6.30. The molecule has 3 rings (SSSR count). The number of benzene rings is 2. The highest BCUT2D eigenvalue weighted by Crippen LogP contribution is 2.21.